The average molecular weight is 495 g/mol. The third-order valence-corrected chi connectivity index (χ3v) is 5.85. The number of piperidine rings is 1. The average Bonchev–Trinajstić information content (AvgIpc) is 3.25. The molecule has 1 aromatic heterocycles. The van der Waals surface area contributed by atoms with Gasteiger partial charge >= 0.3 is 0 Å². The van der Waals surface area contributed by atoms with E-state index in [0.29, 0.717) is 33.5 Å². The number of benzene rings is 2. The smallest absolute Gasteiger partial charge is 0.259 e. The minimum Gasteiger partial charge on any atom is -0.495 e. The summed E-state index contributed by atoms with van der Waals surface area (Å²) >= 11 is 6.25. The molecule has 0 radical (unpaired) electrons. The lowest BCUT2D eigenvalue weighted by molar-refractivity contribution is 0.102. The zero-order chi connectivity index (χ0) is 22.7. The van der Waals surface area contributed by atoms with Gasteiger partial charge in [0.05, 0.1) is 48.1 Å². The number of anilines is 1. The highest BCUT2D eigenvalue weighted by Crippen LogP contribution is 2.37. The molecule has 1 amide bonds. The van der Waals surface area contributed by atoms with Crippen LogP contribution in [-0.2, 0) is 0 Å². The van der Waals surface area contributed by atoms with E-state index in [-0.39, 0.29) is 30.0 Å². The minimum atomic E-state index is -0.363. The molecule has 1 aliphatic rings. The maximum absolute atomic E-state index is 13.9. The first kappa shape index (κ1) is 24.8. The van der Waals surface area contributed by atoms with Crippen molar-refractivity contribution in [1.82, 2.24) is 15.1 Å². The predicted molar refractivity (Wildman–Crippen MR) is 128 cm³/mol. The summed E-state index contributed by atoms with van der Waals surface area (Å²) in [6, 6.07) is 9.38. The molecule has 2 heterocycles. The van der Waals surface area contributed by atoms with Gasteiger partial charge in [-0.05, 0) is 50.2 Å². The molecule has 176 valence electrons. The summed E-state index contributed by atoms with van der Waals surface area (Å²) in [7, 11) is 3.01. The molecule has 0 spiro atoms. The Hall–Kier alpha value is -2.81. The third-order valence-electron chi connectivity index (χ3n) is 5.55. The molecule has 3 aromatic rings. The van der Waals surface area contributed by atoms with Gasteiger partial charge in [-0.1, -0.05) is 17.7 Å². The second-order valence-electron chi connectivity index (χ2n) is 7.50. The van der Waals surface area contributed by atoms with Gasteiger partial charge in [0.1, 0.15) is 17.3 Å². The Labute approximate surface area is 202 Å². The van der Waals surface area contributed by atoms with Crippen molar-refractivity contribution in [2.45, 2.75) is 18.8 Å². The highest BCUT2D eigenvalue weighted by molar-refractivity contribution is 6.32. The Kier molecular flexibility index (Phi) is 8.18. The van der Waals surface area contributed by atoms with Crippen molar-refractivity contribution >= 4 is 35.6 Å². The van der Waals surface area contributed by atoms with Gasteiger partial charge in [-0.3, -0.25) is 4.79 Å². The summed E-state index contributed by atoms with van der Waals surface area (Å²) in [5.74, 6) is 0.249. The molecule has 0 aliphatic carbocycles. The molecule has 0 saturated carbocycles. The zero-order valence-electron chi connectivity index (χ0n) is 18.2. The molecule has 1 fully saturated rings. The van der Waals surface area contributed by atoms with Crippen LogP contribution in [0.25, 0.3) is 5.69 Å². The first-order chi connectivity index (χ1) is 15.5. The number of nitrogens with one attached hydrogen (secondary N) is 2. The molecular formula is C23H25Cl2FN4O3. The molecule has 1 aliphatic heterocycles. The summed E-state index contributed by atoms with van der Waals surface area (Å²) < 4.78 is 26.2. The second-order valence-corrected chi connectivity index (χ2v) is 7.91. The van der Waals surface area contributed by atoms with E-state index >= 15 is 0 Å². The molecule has 1 saturated heterocycles. The van der Waals surface area contributed by atoms with Crippen LogP contribution >= 0.6 is 24.0 Å². The van der Waals surface area contributed by atoms with Gasteiger partial charge in [0, 0.05) is 12.0 Å². The van der Waals surface area contributed by atoms with Crippen LogP contribution in [0.15, 0.2) is 42.6 Å². The SMILES string of the molecule is COc1cc(OC)c(NC(=O)c2cnn(-c3cccc(F)c3)c2C2CCNCC2)cc1Cl.Cl. The fraction of sp³-hybridized carbons (Fsp3) is 0.304. The number of carbonyl (C=O) groups excluding carboxylic acids is 1. The van der Waals surface area contributed by atoms with Crippen molar-refractivity contribution in [2.75, 3.05) is 32.6 Å². The van der Waals surface area contributed by atoms with Crippen LogP contribution < -0.4 is 20.1 Å². The maximum atomic E-state index is 13.9. The van der Waals surface area contributed by atoms with Crippen molar-refractivity contribution in [1.29, 1.82) is 0 Å². The van der Waals surface area contributed by atoms with E-state index in [1.807, 2.05) is 0 Å². The van der Waals surface area contributed by atoms with Crippen LogP contribution in [-0.4, -0.2) is 43.0 Å². The lowest BCUT2D eigenvalue weighted by Crippen LogP contribution is -2.29. The standard InChI is InChI=1S/C23H24ClFN4O3.ClH/c1-31-20-12-21(32-2)19(11-18(20)24)28-23(30)17-13-27-29(16-5-3-4-15(25)10-16)22(17)14-6-8-26-9-7-14;/h3-5,10-14,26H,6-9H2,1-2H3,(H,28,30);1H. The lowest BCUT2D eigenvalue weighted by Gasteiger charge is -2.25. The van der Waals surface area contributed by atoms with E-state index < -0.39 is 0 Å². The number of amides is 1. The largest absolute Gasteiger partial charge is 0.495 e. The zero-order valence-corrected chi connectivity index (χ0v) is 19.8. The van der Waals surface area contributed by atoms with Crippen LogP contribution in [0.3, 0.4) is 0 Å². The number of halogens is 3. The third kappa shape index (κ3) is 5.24. The molecule has 4 rings (SSSR count). The molecule has 0 atom stereocenters. The lowest BCUT2D eigenvalue weighted by atomic mass is 9.91. The number of hydrogen-bond acceptors (Lipinski definition) is 5. The number of hydrogen-bond donors (Lipinski definition) is 2. The second kappa shape index (κ2) is 10.9. The van der Waals surface area contributed by atoms with E-state index in [0.717, 1.165) is 31.6 Å². The van der Waals surface area contributed by atoms with Gasteiger partial charge in [-0.2, -0.15) is 5.10 Å². The summed E-state index contributed by atoms with van der Waals surface area (Å²) in [4.78, 5) is 13.3. The van der Waals surface area contributed by atoms with Gasteiger partial charge in [-0.25, -0.2) is 9.07 Å². The van der Waals surface area contributed by atoms with Crippen molar-refractivity contribution in [3.8, 4) is 17.2 Å². The van der Waals surface area contributed by atoms with Crippen molar-refractivity contribution in [3.63, 3.8) is 0 Å². The Balaban J connectivity index is 0.00000306. The fourth-order valence-electron chi connectivity index (χ4n) is 3.98. The number of rotatable bonds is 6. The van der Waals surface area contributed by atoms with Gasteiger partial charge < -0.3 is 20.1 Å². The molecule has 10 heteroatoms. The van der Waals surface area contributed by atoms with Gasteiger partial charge in [0.15, 0.2) is 0 Å². The van der Waals surface area contributed by atoms with E-state index in [1.165, 1.54) is 32.5 Å². The van der Waals surface area contributed by atoms with E-state index in [2.05, 4.69) is 15.7 Å². The van der Waals surface area contributed by atoms with Crippen molar-refractivity contribution in [2.24, 2.45) is 0 Å². The monoisotopic (exact) mass is 494 g/mol. The van der Waals surface area contributed by atoms with Crippen LogP contribution in [0, 0.1) is 5.82 Å². The molecule has 0 bridgehead atoms. The first-order valence-electron chi connectivity index (χ1n) is 10.3. The normalized spacial score (nSPS) is 13.8. The predicted octanol–water partition coefficient (Wildman–Crippen LogP) is 4.82. The van der Waals surface area contributed by atoms with Gasteiger partial charge in [0.25, 0.3) is 5.91 Å². The molecule has 7 nitrogen and oxygen atoms in total. The highest BCUT2D eigenvalue weighted by Gasteiger charge is 2.27. The summed E-state index contributed by atoms with van der Waals surface area (Å²) in [5, 5.41) is 11.0. The molecule has 0 unspecified atom stereocenters. The Bertz CT molecular complexity index is 1130. The number of aromatic nitrogens is 2. The highest BCUT2D eigenvalue weighted by atomic mass is 35.5. The molecule has 33 heavy (non-hydrogen) atoms. The van der Waals surface area contributed by atoms with E-state index in [4.69, 9.17) is 21.1 Å². The first-order valence-corrected chi connectivity index (χ1v) is 10.7. The number of carbonyl (C=O) groups is 1. The maximum Gasteiger partial charge on any atom is 0.259 e. The number of methoxy groups -OCH3 is 2. The fourth-order valence-corrected chi connectivity index (χ4v) is 4.22. The van der Waals surface area contributed by atoms with Gasteiger partial charge in [0.2, 0.25) is 0 Å². The van der Waals surface area contributed by atoms with E-state index in [9.17, 15) is 9.18 Å². The number of ether oxygens (including phenoxy) is 2. The van der Waals surface area contributed by atoms with Crippen LogP contribution in [0.1, 0.15) is 34.8 Å². The summed E-state index contributed by atoms with van der Waals surface area (Å²) in [5.41, 5.74) is 2.17. The molecule has 2 aromatic carbocycles. The number of nitrogens with zero attached hydrogens (tertiary/aromatic N) is 2. The van der Waals surface area contributed by atoms with Crippen molar-refractivity contribution in [3.05, 3.63) is 64.7 Å². The Morgan fingerprint density at radius 3 is 2.58 bits per heavy atom. The van der Waals surface area contributed by atoms with Crippen molar-refractivity contribution < 1.29 is 18.7 Å². The summed E-state index contributed by atoms with van der Waals surface area (Å²) in [6.07, 6.45) is 3.22. The van der Waals surface area contributed by atoms with Gasteiger partial charge in [-0.15, -0.1) is 12.4 Å². The van der Waals surface area contributed by atoms with Crippen LogP contribution in [0.5, 0.6) is 11.5 Å². The molecule has 2 N–H and O–H groups in total. The van der Waals surface area contributed by atoms with E-state index in [1.54, 1.807) is 28.9 Å². The summed E-state index contributed by atoms with van der Waals surface area (Å²) in [6.45, 7) is 1.67. The van der Waals surface area contributed by atoms with Crippen LogP contribution in [0.2, 0.25) is 5.02 Å². The molecular weight excluding hydrogens is 470 g/mol. The Morgan fingerprint density at radius 2 is 1.91 bits per heavy atom. The Morgan fingerprint density at radius 1 is 1.18 bits per heavy atom. The van der Waals surface area contributed by atoms with Crippen LogP contribution in [0.4, 0.5) is 10.1 Å². The topological polar surface area (TPSA) is 77.4 Å². The minimum absolute atomic E-state index is 0. The quantitative estimate of drug-likeness (QED) is 0.513.